The molecule has 0 aliphatic carbocycles. The van der Waals surface area contributed by atoms with Gasteiger partial charge in [0.05, 0.1) is 5.69 Å². The highest BCUT2D eigenvalue weighted by Crippen LogP contribution is 2.25. The zero-order valence-electron chi connectivity index (χ0n) is 9.47. The second-order valence-corrected chi connectivity index (χ2v) is 4.87. The molecule has 0 radical (unpaired) electrons. The van der Waals surface area contributed by atoms with Crippen LogP contribution in [0, 0.1) is 5.82 Å². The Morgan fingerprint density at radius 3 is 2.56 bits per heavy atom. The highest BCUT2D eigenvalue weighted by molar-refractivity contribution is 7.80. The number of hydrogen-bond donors (Lipinski definition) is 3. The van der Waals surface area contributed by atoms with Crippen LogP contribution in [0.4, 0.5) is 10.1 Å². The summed E-state index contributed by atoms with van der Waals surface area (Å²) in [7, 11) is 0. The van der Waals surface area contributed by atoms with Gasteiger partial charge in [0, 0.05) is 5.54 Å². The Balaban J connectivity index is 2.74. The minimum atomic E-state index is -0.677. The molecule has 3 nitrogen and oxygen atoms in total. The first-order valence-corrected chi connectivity index (χ1v) is 5.27. The molecular formula is C11H15FN2OS. The van der Waals surface area contributed by atoms with Gasteiger partial charge in [0.25, 0.3) is 0 Å². The number of anilines is 1. The highest BCUT2D eigenvalue weighted by Gasteiger charge is 2.13. The van der Waals surface area contributed by atoms with Gasteiger partial charge in [-0.1, -0.05) is 6.07 Å². The van der Waals surface area contributed by atoms with Crippen molar-refractivity contribution in [2.45, 2.75) is 26.3 Å². The van der Waals surface area contributed by atoms with Crippen molar-refractivity contribution in [2.75, 3.05) is 5.32 Å². The lowest BCUT2D eigenvalue weighted by Gasteiger charge is -2.23. The predicted molar refractivity (Wildman–Crippen MR) is 67.2 cm³/mol. The van der Waals surface area contributed by atoms with E-state index in [0.29, 0.717) is 5.11 Å². The molecule has 0 spiro atoms. The van der Waals surface area contributed by atoms with Crippen LogP contribution in [0.2, 0.25) is 0 Å². The van der Waals surface area contributed by atoms with Crippen molar-refractivity contribution in [1.82, 2.24) is 5.32 Å². The molecule has 0 aliphatic heterocycles. The maximum absolute atomic E-state index is 13.0. The third-order valence-corrected chi connectivity index (χ3v) is 1.93. The summed E-state index contributed by atoms with van der Waals surface area (Å²) < 4.78 is 13.0. The second-order valence-electron chi connectivity index (χ2n) is 4.47. The Morgan fingerprint density at radius 2 is 2.00 bits per heavy atom. The summed E-state index contributed by atoms with van der Waals surface area (Å²) in [6.45, 7) is 5.85. The van der Waals surface area contributed by atoms with Crippen molar-refractivity contribution in [2.24, 2.45) is 0 Å². The van der Waals surface area contributed by atoms with Gasteiger partial charge in [-0.25, -0.2) is 4.39 Å². The average Bonchev–Trinajstić information content (AvgIpc) is 2.09. The Hall–Kier alpha value is -1.36. The van der Waals surface area contributed by atoms with Gasteiger partial charge < -0.3 is 15.7 Å². The van der Waals surface area contributed by atoms with E-state index in [-0.39, 0.29) is 11.2 Å². The minimum Gasteiger partial charge on any atom is -0.503 e. The zero-order chi connectivity index (χ0) is 12.3. The third kappa shape index (κ3) is 3.66. The largest absolute Gasteiger partial charge is 0.503 e. The molecule has 0 unspecified atom stereocenters. The molecule has 0 amide bonds. The van der Waals surface area contributed by atoms with Crippen molar-refractivity contribution in [3.63, 3.8) is 0 Å². The van der Waals surface area contributed by atoms with E-state index in [2.05, 4.69) is 10.6 Å². The van der Waals surface area contributed by atoms with E-state index in [1.165, 1.54) is 12.1 Å². The van der Waals surface area contributed by atoms with E-state index in [1.54, 1.807) is 6.07 Å². The van der Waals surface area contributed by atoms with Crippen molar-refractivity contribution in [3.05, 3.63) is 24.0 Å². The first kappa shape index (κ1) is 12.7. The Bertz CT molecular complexity index is 401. The van der Waals surface area contributed by atoms with Crippen LogP contribution in [0.15, 0.2) is 18.2 Å². The van der Waals surface area contributed by atoms with Crippen molar-refractivity contribution < 1.29 is 9.50 Å². The van der Waals surface area contributed by atoms with Crippen LogP contribution < -0.4 is 10.6 Å². The van der Waals surface area contributed by atoms with Gasteiger partial charge in [0.15, 0.2) is 16.7 Å². The Labute approximate surface area is 99.7 Å². The lowest BCUT2D eigenvalue weighted by molar-refractivity contribution is 0.435. The van der Waals surface area contributed by atoms with Crippen LogP contribution in [0.3, 0.4) is 0 Å². The van der Waals surface area contributed by atoms with E-state index in [9.17, 15) is 9.50 Å². The van der Waals surface area contributed by atoms with Gasteiger partial charge in [0.2, 0.25) is 0 Å². The zero-order valence-corrected chi connectivity index (χ0v) is 10.3. The number of phenolic OH excluding ortho intramolecular Hbond substituents is 1. The number of phenols is 1. The number of thiocarbonyl (C=S) groups is 1. The molecule has 0 aromatic heterocycles. The first-order valence-electron chi connectivity index (χ1n) is 4.86. The molecule has 0 fully saturated rings. The van der Waals surface area contributed by atoms with Crippen molar-refractivity contribution in [3.8, 4) is 5.75 Å². The van der Waals surface area contributed by atoms with Crippen LogP contribution in [0.5, 0.6) is 5.75 Å². The third-order valence-electron chi connectivity index (χ3n) is 1.72. The molecule has 88 valence electrons. The average molecular weight is 242 g/mol. The highest BCUT2D eigenvalue weighted by atomic mass is 32.1. The second kappa shape index (κ2) is 4.65. The molecule has 3 N–H and O–H groups in total. The van der Waals surface area contributed by atoms with E-state index in [0.717, 1.165) is 0 Å². The number of hydrogen-bond acceptors (Lipinski definition) is 2. The maximum Gasteiger partial charge on any atom is 0.175 e. The van der Waals surface area contributed by atoms with Gasteiger partial charge in [-0.05, 0) is 45.1 Å². The number of para-hydroxylation sites is 1. The van der Waals surface area contributed by atoms with Crippen LogP contribution >= 0.6 is 12.2 Å². The van der Waals surface area contributed by atoms with Gasteiger partial charge in [-0.2, -0.15) is 0 Å². The van der Waals surface area contributed by atoms with E-state index in [4.69, 9.17) is 12.2 Å². The Morgan fingerprint density at radius 1 is 1.38 bits per heavy atom. The summed E-state index contributed by atoms with van der Waals surface area (Å²) in [5.41, 5.74) is 0.0641. The van der Waals surface area contributed by atoms with Gasteiger partial charge in [-0.15, -0.1) is 0 Å². The molecule has 0 heterocycles. The molecule has 0 aliphatic rings. The van der Waals surface area contributed by atoms with Gasteiger partial charge in [0.1, 0.15) is 0 Å². The molecule has 0 saturated carbocycles. The molecule has 16 heavy (non-hydrogen) atoms. The van der Waals surface area contributed by atoms with Gasteiger partial charge >= 0.3 is 0 Å². The molecule has 1 aromatic rings. The molecule has 1 rings (SSSR count). The number of rotatable bonds is 1. The molecule has 0 saturated heterocycles. The number of benzene rings is 1. The van der Waals surface area contributed by atoms with Crippen LogP contribution in [0.25, 0.3) is 0 Å². The topological polar surface area (TPSA) is 44.3 Å². The maximum atomic E-state index is 13.0. The fourth-order valence-corrected chi connectivity index (χ4v) is 1.53. The fourth-order valence-electron chi connectivity index (χ4n) is 1.11. The van der Waals surface area contributed by atoms with Crippen molar-refractivity contribution >= 4 is 23.0 Å². The van der Waals surface area contributed by atoms with Gasteiger partial charge in [-0.3, -0.25) is 0 Å². The lowest BCUT2D eigenvalue weighted by Crippen LogP contribution is -2.42. The smallest absolute Gasteiger partial charge is 0.175 e. The summed E-state index contributed by atoms with van der Waals surface area (Å²) >= 11 is 5.03. The number of nitrogens with one attached hydrogen (secondary N) is 2. The van der Waals surface area contributed by atoms with E-state index < -0.39 is 11.6 Å². The molecule has 0 atom stereocenters. The van der Waals surface area contributed by atoms with E-state index in [1.807, 2.05) is 20.8 Å². The fraction of sp³-hybridized carbons (Fsp3) is 0.364. The quantitative estimate of drug-likeness (QED) is 0.523. The molecule has 1 aromatic carbocycles. The summed E-state index contributed by atoms with van der Waals surface area (Å²) in [6.07, 6.45) is 0. The minimum absolute atomic E-state index is 0.187. The summed E-state index contributed by atoms with van der Waals surface area (Å²) in [4.78, 5) is 0. The molecule has 5 heteroatoms. The van der Waals surface area contributed by atoms with E-state index >= 15 is 0 Å². The molecular weight excluding hydrogens is 227 g/mol. The summed E-state index contributed by atoms with van der Waals surface area (Å²) in [5, 5.41) is 15.5. The first-order chi connectivity index (χ1) is 7.29. The summed E-state index contributed by atoms with van der Waals surface area (Å²) in [5.74, 6) is -1.11. The monoisotopic (exact) mass is 242 g/mol. The lowest BCUT2D eigenvalue weighted by atomic mass is 10.1. The Kier molecular flexibility index (Phi) is 3.70. The van der Waals surface area contributed by atoms with Crippen LogP contribution in [-0.4, -0.2) is 15.8 Å². The summed E-state index contributed by atoms with van der Waals surface area (Å²) in [6, 6.07) is 4.23. The standard InChI is InChI=1S/C11H15FN2OS/c1-11(2,3)14-10(16)13-8-6-4-5-7(12)9(8)15/h4-6,15H,1-3H3,(H2,13,14,16). The molecule has 0 bridgehead atoms. The normalized spacial score (nSPS) is 11.0. The predicted octanol–water partition coefficient (Wildman–Crippen LogP) is 2.62. The van der Waals surface area contributed by atoms with Crippen LogP contribution in [0.1, 0.15) is 20.8 Å². The number of halogens is 1. The SMILES string of the molecule is CC(C)(C)NC(=S)Nc1cccc(F)c1O. The van der Waals surface area contributed by atoms with Crippen LogP contribution in [-0.2, 0) is 0 Å². The number of aromatic hydroxyl groups is 1. The van der Waals surface area contributed by atoms with Crippen molar-refractivity contribution in [1.29, 1.82) is 0 Å².